The van der Waals surface area contributed by atoms with Gasteiger partial charge in [0.25, 0.3) is 0 Å². The van der Waals surface area contributed by atoms with Gasteiger partial charge in [0.1, 0.15) is 5.78 Å². The first-order valence-corrected chi connectivity index (χ1v) is 9.37. The lowest BCUT2D eigenvalue weighted by Crippen LogP contribution is -2.49. The van der Waals surface area contributed by atoms with E-state index in [9.17, 15) is 4.79 Å². The number of rotatable bonds is 2. The number of hydrogen-bond donors (Lipinski definition) is 2. The highest BCUT2D eigenvalue weighted by Crippen LogP contribution is 2.55. The second kappa shape index (κ2) is 5.66. The van der Waals surface area contributed by atoms with E-state index in [0.717, 1.165) is 30.5 Å². The average molecular weight is 346 g/mol. The molecule has 1 saturated carbocycles. The van der Waals surface area contributed by atoms with E-state index in [2.05, 4.69) is 57.7 Å². The molecule has 2 aliphatic rings. The number of hydrogen-bond acceptors (Lipinski definition) is 3. The number of aromatic amines is 2. The highest BCUT2D eigenvalue weighted by Gasteiger charge is 2.53. The van der Waals surface area contributed by atoms with Crippen LogP contribution in [0.3, 0.4) is 0 Å². The molecule has 2 N–H and O–H groups in total. The predicted octanol–water partition coefficient (Wildman–Crippen LogP) is 3.65. The number of nitrogens with zero attached hydrogens (tertiary/aromatic N) is 2. The number of carbonyl (C=O) groups excluding carboxylic acids is 1. The van der Waals surface area contributed by atoms with E-state index in [0.29, 0.717) is 18.1 Å². The summed E-state index contributed by atoms with van der Waals surface area (Å²) < 4.78 is 0. The van der Waals surface area contributed by atoms with E-state index in [1.807, 2.05) is 12.4 Å². The van der Waals surface area contributed by atoms with Crippen molar-refractivity contribution in [1.82, 2.24) is 20.4 Å². The van der Waals surface area contributed by atoms with E-state index in [1.165, 1.54) is 16.8 Å². The minimum Gasteiger partial charge on any atom is -0.299 e. The predicted molar refractivity (Wildman–Crippen MR) is 98.6 cm³/mol. The summed E-state index contributed by atoms with van der Waals surface area (Å²) >= 11 is 0. The second-order valence-corrected chi connectivity index (χ2v) is 7.65. The van der Waals surface area contributed by atoms with E-state index in [4.69, 9.17) is 0 Å². The molecule has 5 heteroatoms. The lowest BCUT2D eigenvalue weighted by molar-refractivity contribution is -0.128. The Morgan fingerprint density at radius 3 is 2.81 bits per heavy atom. The van der Waals surface area contributed by atoms with Crippen LogP contribution in [0.25, 0.3) is 11.3 Å². The Balaban J connectivity index is 1.74. The van der Waals surface area contributed by atoms with Crippen molar-refractivity contribution in [3.63, 3.8) is 0 Å². The van der Waals surface area contributed by atoms with Gasteiger partial charge in [-0.25, -0.2) is 0 Å². The van der Waals surface area contributed by atoms with Crippen molar-refractivity contribution in [3.8, 4) is 11.3 Å². The van der Waals surface area contributed by atoms with Crippen molar-refractivity contribution in [2.45, 2.75) is 38.0 Å². The molecule has 1 fully saturated rings. The zero-order chi connectivity index (χ0) is 17.7. The number of benzene rings is 1. The molecule has 0 unspecified atom stereocenters. The topological polar surface area (TPSA) is 74.4 Å². The van der Waals surface area contributed by atoms with Gasteiger partial charge in [0.05, 0.1) is 11.9 Å². The van der Waals surface area contributed by atoms with Crippen molar-refractivity contribution in [1.29, 1.82) is 0 Å². The summed E-state index contributed by atoms with van der Waals surface area (Å²) in [7, 11) is 0. The molecule has 1 aromatic carbocycles. The summed E-state index contributed by atoms with van der Waals surface area (Å²) in [5, 5.41) is 15.0. The molecule has 2 aromatic heterocycles. The van der Waals surface area contributed by atoms with E-state index < -0.39 is 0 Å². The molecule has 0 amide bonds. The molecular weight excluding hydrogens is 324 g/mol. The van der Waals surface area contributed by atoms with Crippen LogP contribution in [0.1, 0.15) is 43.0 Å². The molecule has 0 bridgehead atoms. The van der Waals surface area contributed by atoms with E-state index in [1.54, 1.807) is 0 Å². The summed E-state index contributed by atoms with van der Waals surface area (Å²) in [6, 6.07) is 10.7. The molecule has 132 valence electrons. The lowest BCUT2D eigenvalue weighted by Gasteiger charge is -2.49. The van der Waals surface area contributed by atoms with Gasteiger partial charge in [0.2, 0.25) is 0 Å². The van der Waals surface area contributed by atoms with Crippen molar-refractivity contribution < 1.29 is 4.79 Å². The Morgan fingerprint density at radius 1 is 1.19 bits per heavy atom. The summed E-state index contributed by atoms with van der Waals surface area (Å²) in [5.74, 6) is 0.800. The maximum atomic E-state index is 12.5. The molecule has 26 heavy (non-hydrogen) atoms. The van der Waals surface area contributed by atoms with Crippen LogP contribution in [0.4, 0.5) is 0 Å². The third kappa shape index (κ3) is 2.00. The highest BCUT2D eigenvalue weighted by atomic mass is 16.1. The lowest BCUT2D eigenvalue weighted by atomic mass is 9.53. The molecule has 3 atom stereocenters. The number of ketones is 1. The van der Waals surface area contributed by atoms with Crippen LogP contribution in [-0.2, 0) is 16.6 Å². The van der Waals surface area contributed by atoms with Crippen LogP contribution in [0.2, 0.25) is 0 Å². The minimum absolute atomic E-state index is 0.0813. The molecular formula is C21H22N4O. The zero-order valence-corrected chi connectivity index (χ0v) is 14.8. The highest BCUT2D eigenvalue weighted by molar-refractivity contribution is 5.83. The van der Waals surface area contributed by atoms with Crippen LogP contribution in [0.5, 0.6) is 0 Å². The largest absolute Gasteiger partial charge is 0.299 e. The van der Waals surface area contributed by atoms with Crippen LogP contribution in [0.15, 0.2) is 42.7 Å². The first-order chi connectivity index (χ1) is 12.7. The maximum absolute atomic E-state index is 12.5. The third-order valence-electron chi connectivity index (χ3n) is 6.59. The molecule has 5 rings (SSSR count). The fourth-order valence-electron chi connectivity index (χ4n) is 5.33. The molecule has 2 heterocycles. The van der Waals surface area contributed by atoms with Gasteiger partial charge in [0, 0.05) is 40.8 Å². The monoisotopic (exact) mass is 346 g/mol. The summed E-state index contributed by atoms with van der Waals surface area (Å²) in [4.78, 5) is 12.5. The van der Waals surface area contributed by atoms with Crippen molar-refractivity contribution in [2.75, 3.05) is 0 Å². The second-order valence-electron chi connectivity index (χ2n) is 7.65. The van der Waals surface area contributed by atoms with Gasteiger partial charge in [0.15, 0.2) is 0 Å². The SMILES string of the molecule is C[C@@H]1C(=O)CC[C@]2(c3ccccc3)c3[nH]nc(-c4cn[nH]c4)c3CC[C@@H]12. The molecule has 0 radical (unpaired) electrons. The minimum atomic E-state index is -0.156. The van der Waals surface area contributed by atoms with Crippen LogP contribution < -0.4 is 0 Å². The Labute approximate surface area is 152 Å². The van der Waals surface area contributed by atoms with Crippen molar-refractivity contribution in [3.05, 3.63) is 59.5 Å². The quantitative estimate of drug-likeness (QED) is 0.744. The number of aromatic nitrogens is 4. The molecule has 2 aliphatic carbocycles. The summed E-state index contributed by atoms with van der Waals surface area (Å²) in [5.41, 5.74) is 5.64. The van der Waals surface area contributed by atoms with Gasteiger partial charge in [-0.15, -0.1) is 0 Å². The van der Waals surface area contributed by atoms with Gasteiger partial charge in [-0.3, -0.25) is 15.0 Å². The first-order valence-electron chi connectivity index (χ1n) is 9.37. The fourth-order valence-corrected chi connectivity index (χ4v) is 5.33. The van der Waals surface area contributed by atoms with Crippen LogP contribution >= 0.6 is 0 Å². The maximum Gasteiger partial charge on any atom is 0.136 e. The van der Waals surface area contributed by atoms with Crippen LogP contribution in [0, 0.1) is 11.8 Å². The fraction of sp³-hybridized carbons (Fsp3) is 0.381. The van der Waals surface area contributed by atoms with Gasteiger partial charge in [-0.1, -0.05) is 37.3 Å². The number of H-pyrrole nitrogens is 2. The Kier molecular flexibility index (Phi) is 3.39. The first kappa shape index (κ1) is 15.6. The Bertz CT molecular complexity index is 944. The average Bonchev–Trinajstić information content (AvgIpc) is 3.34. The number of Topliss-reactive ketones (excluding diaryl/α,β-unsaturated/α-hetero) is 1. The van der Waals surface area contributed by atoms with Gasteiger partial charge in [-0.2, -0.15) is 10.2 Å². The molecule has 0 saturated heterocycles. The van der Waals surface area contributed by atoms with Crippen LogP contribution in [-0.4, -0.2) is 26.2 Å². The smallest absolute Gasteiger partial charge is 0.136 e. The standard InChI is InChI=1S/C21H22N4O/c1-13-17-8-7-16-19(14-11-22-23-12-14)24-25-20(16)21(17,10-9-18(13)26)15-5-3-2-4-6-15/h2-6,11-13,17H,7-10H2,1H3,(H,22,23)(H,24,25)/t13-,17-,21+/m0/s1. The Morgan fingerprint density at radius 2 is 2.04 bits per heavy atom. The zero-order valence-electron chi connectivity index (χ0n) is 14.8. The molecule has 5 nitrogen and oxygen atoms in total. The summed E-state index contributed by atoms with van der Waals surface area (Å²) in [6.07, 6.45) is 7.16. The molecule has 0 aliphatic heterocycles. The van der Waals surface area contributed by atoms with E-state index >= 15 is 0 Å². The molecule has 3 aromatic rings. The van der Waals surface area contributed by atoms with Crippen molar-refractivity contribution in [2.24, 2.45) is 11.8 Å². The third-order valence-corrected chi connectivity index (χ3v) is 6.59. The Hall–Kier alpha value is -2.69. The van der Waals surface area contributed by atoms with Crippen molar-refractivity contribution >= 4 is 5.78 Å². The van der Waals surface area contributed by atoms with Gasteiger partial charge in [-0.05, 0) is 30.7 Å². The number of nitrogens with one attached hydrogen (secondary N) is 2. The van der Waals surface area contributed by atoms with E-state index in [-0.39, 0.29) is 11.3 Å². The number of fused-ring (bicyclic) bond motifs is 3. The van der Waals surface area contributed by atoms with Gasteiger partial charge < -0.3 is 0 Å². The van der Waals surface area contributed by atoms with Gasteiger partial charge >= 0.3 is 0 Å². The summed E-state index contributed by atoms with van der Waals surface area (Å²) in [6.45, 7) is 2.11. The number of carbonyl (C=O) groups is 1. The molecule has 0 spiro atoms. The normalized spacial score (nSPS) is 27.8.